The van der Waals surface area contributed by atoms with E-state index in [-0.39, 0.29) is 6.17 Å². The van der Waals surface area contributed by atoms with Crippen LogP contribution in [0.3, 0.4) is 0 Å². The first-order valence-corrected chi connectivity index (χ1v) is 3.94. The van der Waals surface area contributed by atoms with E-state index in [1.807, 2.05) is 12.2 Å². The molecule has 0 aromatic heterocycles. The molecule has 56 valence electrons. The molecule has 0 bridgehead atoms. The van der Waals surface area contributed by atoms with Crippen LogP contribution in [0.2, 0.25) is 0 Å². The molecule has 0 aromatic rings. The molecule has 2 heteroatoms. The summed E-state index contributed by atoms with van der Waals surface area (Å²) in [6.45, 7) is 2.13. The van der Waals surface area contributed by atoms with Crippen molar-refractivity contribution in [3.05, 3.63) is 24.4 Å². The SMILES string of the molecule is CCC1=NC2C=CC=C[N+]2=C1. The van der Waals surface area contributed by atoms with E-state index >= 15 is 0 Å². The Morgan fingerprint density at radius 3 is 3.18 bits per heavy atom. The molecule has 0 aromatic carbocycles. The maximum atomic E-state index is 4.48. The molecule has 2 aliphatic rings. The summed E-state index contributed by atoms with van der Waals surface area (Å²) in [4.78, 5) is 4.48. The van der Waals surface area contributed by atoms with Gasteiger partial charge in [0.05, 0.1) is 0 Å². The fourth-order valence-electron chi connectivity index (χ4n) is 1.29. The van der Waals surface area contributed by atoms with Crippen molar-refractivity contribution in [2.75, 3.05) is 0 Å². The lowest BCUT2D eigenvalue weighted by molar-refractivity contribution is -0.476. The van der Waals surface area contributed by atoms with Gasteiger partial charge in [-0.2, -0.15) is 4.58 Å². The lowest BCUT2D eigenvalue weighted by Crippen LogP contribution is -2.15. The highest BCUT2D eigenvalue weighted by atomic mass is 15.2. The normalized spacial score (nSPS) is 26.5. The Labute approximate surface area is 66.3 Å². The van der Waals surface area contributed by atoms with Crippen molar-refractivity contribution in [2.45, 2.75) is 19.5 Å². The van der Waals surface area contributed by atoms with Crippen LogP contribution in [0.5, 0.6) is 0 Å². The molecule has 1 atom stereocenters. The quantitative estimate of drug-likeness (QED) is 0.497. The Balaban J connectivity index is 2.31. The van der Waals surface area contributed by atoms with Gasteiger partial charge in [0.25, 0.3) is 6.17 Å². The molecule has 2 nitrogen and oxygen atoms in total. The summed E-state index contributed by atoms with van der Waals surface area (Å²) in [6.07, 6.45) is 11.6. The average Bonchev–Trinajstić information content (AvgIpc) is 2.46. The van der Waals surface area contributed by atoms with Gasteiger partial charge in [-0.3, -0.25) is 0 Å². The average molecular weight is 147 g/mol. The van der Waals surface area contributed by atoms with E-state index in [2.05, 4.69) is 35.0 Å². The molecule has 0 spiro atoms. The van der Waals surface area contributed by atoms with E-state index in [0.29, 0.717) is 0 Å². The van der Waals surface area contributed by atoms with Crippen molar-refractivity contribution in [1.82, 2.24) is 0 Å². The third-order valence-electron chi connectivity index (χ3n) is 1.92. The topological polar surface area (TPSA) is 15.4 Å². The lowest BCUT2D eigenvalue weighted by Gasteiger charge is -1.99. The van der Waals surface area contributed by atoms with Crippen molar-refractivity contribution in [3.63, 3.8) is 0 Å². The first-order valence-electron chi connectivity index (χ1n) is 3.94. The van der Waals surface area contributed by atoms with Crippen LogP contribution < -0.4 is 0 Å². The van der Waals surface area contributed by atoms with Crippen LogP contribution in [0.15, 0.2) is 29.4 Å². The second kappa shape index (κ2) is 2.46. The summed E-state index contributed by atoms with van der Waals surface area (Å²) in [7, 11) is 0. The van der Waals surface area contributed by atoms with E-state index in [1.165, 1.54) is 5.71 Å². The van der Waals surface area contributed by atoms with Crippen molar-refractivity contribution >= 4 is 11.9 Å². The van der Waals surface area contributed by atoms with E-state index in [4.69, 9.17) is 0 Å². The van der Waals surface area contributed by atoms with Crippen LogP contribution in [-0.2, 0) is 0 Å². The van der Waals surface area contributed by atoms with Gasteiger partial charge in [0.2, 0.25) is 0 Å². The fourth-order valence-corrected chi connectivity index (χ4v) is 1.29. The van der Waals surface area contributed by atoms with Gasteiger partial charge < -0.3 is 0 Å². The Kier molecular flexibility index (Phi) is 1.46. The summed E-state index contributed by atoms with van der Waals surface area (Å²) in [5.74, 6) is 0. The van der Waals surface area contributed by atoms with Gasteiger partial charge in [-0.25, -0.2) is 4.99 Å². The first kappa shape index (κ1) is 6.53. The van der Waals surface area contributed by atoms with Gasteiger partial charge >= 0.3 is 0 Å². The van der Waals surface area contributed by atoms with Crippen LogP contribution in [0.25, 0.3) is 0 Å². The Morgan fingerprint density at radius 1 is 1.55 bits per heavy atom. The lowest BCUT2D eigenvalue weighted by atomic mass is 10.3. The second-order valence-corrected chi connectivity index (χ2v) is 2.69. The predicted molar refractivity (Wildman–Crippen MR) is 46.1 cm³/mol. The van der Waals surface area contributed by atoms with Crippen molar-refractivity contribution in [2.24, 2.45) is 4.99 Å². The van der Waals surface area contributed by atoms with Gasteiger partial charge in [-0.05, 0) is 6.42 Å². The maximum absolute atomic E-state index is 4.48. The number of allylic oxidation sites excluding steroid dienone is 2. The van der Waals surface area contributed by atoms with E-state index in [9.17, 15) is 0 Å². The fraction of sp³-hybridized carbons (Fsp3) is 0.333. The number of rotatable bonds is 1. The van der Waals surface area contributed by atoms with E-state index < -0.39 is 0 Å². The largest absolute Gasteiger partial charge is 0.270 e. The standard InChI is InChI=1S/C9H11N2/c1-2-8-7-11-6-4-3-5-9(11)10-8/h3-7,9H,2H2,1H3/q+1. The predicted octanol–water partition coefficient (Wildman–Crippen LogP) is 1.34. The number of fused-ring (bicyclic) bond motifs is 1. The van der Waals surface area contributed by atoms with Gasteiger partial charge in [-0.1, -0.05) is 13.0 Å². The summed E-state index contributed by atoms with van der Waals surface area (Å²) >= 11 is 0. The molecule has 2 aliphatic heterocycles. The molecule has 0 saturated carbocycles. The third-order valence-corrected chi connectivity index (χ3v) is 1.92. The summed E-state index contributed by atoms with van der Waals surface area (Å²) in [6, 6.07) is 0. The zero-order valence-electron chi connectivity index (χ0n) is 6.57. The minimum atomic E-state index is 0.245. The highest BCUT2D eigenvalue weighted by molar-refractivity contribution is 6.29. The minimum absolute atomic E-state index is 0.245. The van der Waals surface area contributed by atoms with Crippen LogP contribution >= 0.6 is 0 Å². The first-order chi connectivity index (χ1) is 5.40. The number of nitrogens with zero attached hydrogens (tertiary/aromatic N) is 2. The molecule has 11 heavy (non-hydrogen) atoms. The molecule has 0 fully saturated rings. The third kappa shape index (κ3) is 1.04. The number of aliphatic imine (C=N–C) groups is 1. The Bertz CT molecular complexity index is 282. The summed E-state index contributed by atoms with van der Waals surface area (Å²) < 4.78 is 2.12. The minimum Gasteiger partial charge on any atom is -0.212 e. The zero-order valence-corrected chi connectivity index (χ0v) is 6.57. The number of hydrogen-bond donors (Lipinski definition) is 0. The maximum Gasteiger partial charge on any atom is 0.270 e. The Hall–Kier alpha value is -1.18. The molecule has 0 aliphatic carbocycles. The van der Waals surface area contributed by atoms with E-state index in [1.54, 1.807) is 0 Å². The van der Waals surface area contributed by atoms with Crippen molar-refractivity contribution in [1.29, 1.82) is 0 Å². The molecule has 1 unspecified atom stereocenters. The van der Waals surface area contributed by atoms with Gasteiger partial charge in [0.15, 0.2) is 12.4 Å². The smallest absolute Gasteiger partial charge is 0.212 e. The Morgan fingerprint density at radius 2 is 2.45 bits per heavy atom. The molecular weight excluding hydrogens is 136 g/mol. The van der Waals surface area contributed by atoms with Gasteiger partial charge in [-0.15, -0.1) is 0 Å². The van der Waals surface area contributed by atoms with Crippen LogP contribution in [0.4, 0.5) is 0 Å². The zero-order chi connectivity index (χ0) is 7.68. The molecule has 0 saturated heterocycles. The van der Waals surface area contributed by atoms with E-state index in [0.717, 1.165) is 6.42 Å². The monoisotopic (exact) mass is 147 g/mol. The molecule has 0 radical (unpaired) electrons. The van der Waals surface area contributed by atoms with Gasteiger partial charge in [0.1, 0.15) is 5.71 Å². The van der Waals surface area contributed by atoms with Crippen LogP contribution in [0.1, 0.15) is 13.3 Å². The van der Waals surface area contributed by atoms with Crippen molar-refractivity contribution < 1.29 is 4.58 Å². The van der Waals surface area contributed by atoms with Gasteiger partial charge in [0, 0.05) is 12.2 Å². The molecular formula is C9H11N2+. The highest BCUT2D eigenvalue weighted by Gasteiger charge is 2.23. The molecule has 0 N–H and O–H groups in total. The number of hydrogen-bond acceptors (Lipinski definition) is 1. The molecule has 2 rings (SSSR count). The summed E-state index contributed by atoms with van der Waals surface area (Å²) in [5.41, 5.74) is 1.19. The molecule has 0 amide bonds. The summed E-state index contributed by atoms with van der Waals surface area (Å²) in [5, 5.41) is 0. The van der Waals surface area contributed by atoms with Crippen LogP contribution in [0, 0.1) is 0 Å². The molecule has 2 heterocycles. The van der Waals surface area contributed by atoms with Crippen LogP contribution in [-0.4, -0.2) is 22.7 Å². The van der Waals surface area contributed by atoms with Crippen molar-refractivity contribution in [3.8, 4) is 0 Å². The highest BCUT2D eigenvalue weighted by Crippen LogP contribution is 2.09. The second-order valence-electron chi connectivity index (χ2n) is 2.69.